The summed E-state index contributed by atoms with van der Waals surface area (Å²) in [5.74, 6) is 2.32. The summed E-state index contributed by atoms with van der Waals surface area (Å²) in [5, 5.41) is 3.03. The van der Waals surface area contributed by atoms with Crippen molar-refractivity contribution in [2.45, 2.75) is 13.0 Å². The van der Waals surface area contributed by atoms with Gasteiger partial charge in [0.1, 0.15) is 6.33 Å². The van der Waals surface area contributed by atoms with Crippen molar-refractivity contribution >= 4 is 11.6 Å². The van der Waals surface area contributed by atoms with Crippen molar-refractivity contribution in [1.82, 2.24) is 14.9 Å². The summed E-state index contributed by atoms with van der Waals surface area (Å²) in [6.45, 7) is 5.16. The molecule has 0 saturated carbocycles. The molecule has 0 radical (unpaired) electrons. The van der Waals surface area contributed by atoms with E-state index in [4.69, 9.17) is 4.74 Å². The average Bonchev–Trinajstić information content (AvgIpc) is 2.40. The predicted octanol–water partition coefficient (Wildman–Crippen LogP) is 0.667. The quantitative estimate of drug-likeness (QED) is 0.852. The van der Waals surface area contributed by atoms with Gasteiger partial charge in [-0.05, 0) is 14.0 Å². The smallest absolute Gasteiger partial charge is 0.204 e. The van der Waals surface area contributed by atoms with Gasteiger partial charge in [-0.15, -0.1) is 0 Å². The zero-order valence-electron chi connectivity index (χ0n) is 11.5. The molecule has 0 aromatic carbocycles. The first-order valence-electron chi connectivity index (χ1n) is 6.19. The first-order chi connectivity index (χ1) is 8.67. The predicted molar refractivity (Wildman–Crippen MR) is 72.4 cm³/mol. The zero-order chi connectivity index (χ0) is 13.1. The number of aromatic nitrogens is 2. The molecule has 1 atom stereocenters. The summed E-state index contributed by atoms with van der Waals surface area (Å²) in [6.07, 6.45) is 1.58. The van der Waals surface area contributed by atoms with Gasteiger partial charge in [-0.2, -0.15) is 0 Å². The molecule has 1 saturated heterocycles. The Hall–Kier alpha value is -1.56. The number of piperazine rings is 1. The molecular formula is C12H21N5O. The third kappa shape index (κ3) is 2.33. The number of ether oxygens (including phenoxy) is 1. The Balaban J connectivity index is 2.28. The van der Waals surface area contributed by atoms with E-state index in [1.807, 2.05) is 7.05 Å². The number of methoxy groups -OCH3 is 1. The van der Waals surface area contributed by atoms with Crippen molar-refractivity contribution in [3.8, 4) is 5.75 Å². The van der Waals surface area contributed by atoms with Gasteiger partial charge in [0, 0.05) is 32.7 Å². The van der Waals surface area contributed by atoms with Gasteiger partial charge < -0.3 is 19.9 Å². The maximum atomic E-state index is 5.44. The van der Waals surface area contributed by atoms with Crippen molar-refractivity contribution in [3.63, 3.8) is 0 Å². The summed E-state index contributed by atoms with van der Waals surface area (Å²) in [4.78, 5) is 13.2. The molecule has 0 amide bonds. The minimum Gasteiger partial charge on any atom is -0.490 e. The van der Waals surface area contributed by atoms with Gasteiger partial charge in [-0.3, -0.25) is 0 Å². The fourth-order valence-corrected chi connectivity index (χ4v) is 2.20. The second-order valence-electron chi connectivity index (χ2n) is 4.60. The zero-order valence-corrected chi connectivity index (χ0v) is 11.5. The Labute approximate surface area is 108 Å². The molecule has 1 aromatic heterocycles. The van der Waals surface area contributed by atoms with Crippen LogP contribution in [0.4, 0.5) is 11.6 Å². The minimum absolute atomic E-state index is 0.511. The van der Waals surface area contributed by atoms with Gasteiger partial charge in [0.05, 0.1) is 7.11 Å². The Morgan fingerprint density at radius 2 is 2.17 bits per heavy atom. The Morgan fingerprint density at radius 1 is 1.39 bits per heavy atom. The lowest BCUT2D eigenvalue weighted by atomic mass is 10.2. The van der Waals surface area contributed by atoms with Crippen molar-refractivity contribution in [1.29, 1.82) is 0 Å². The van der Waals surface area contributed by atoms with Crippen molar-refractivity contribution < 1.29 is 4.74 Å². The van der Waals surface area contributed by atoms with Crippen LogP contribution < -0.4 is 15.0 Å². The number of hydrogen-bond donors (Lipinski definition) is 1. The van der Waals surface area contributed by atoms with E-state index in [1.165, 1.54) is 0 Å². The Bertz CT molecular complexity index is 411. The first kappa shape index (κ1) is 12.9. The molecule has 6 heteroatoms. The topological polar surface area (TPSA) is 53.5 Å². The molecule has 0 aliphatic carbocycles. The highest BCUT2D eigenvalue weighted by molar-refractivity contribution is 5.64. The van der Waals surface area contributed by atoms with E-state index in [9.17, 15) is 0 Å². The van der Waals surface area contributed by atoms with Gasteiger partial charge in [0.25, 0.3) is 0 Å². The van der Waals surface area contributed by atoms with Gasteiger partial charge in [0.2, 0.25) is 5.75 Å². The van der Waals surface area contributed by atoms with Gasteiger partial charge in [-0.1, -0.05) is 0 Å². The number of hydrogen-bond acceptors (Lipinski definition) is 6. The van der Waals surface area contributed by atoms with Crippen LogP contribution in [0.15, 0.2) is 6.33 Å². The average molecular weight is 251 g/mol. The van der Waals surface area contributed by atoms with E-state index in [0.717, 1.165) is 37.0 Å². The molecular weight excluding hydrogens is 230 g/mol. The summed E-state index contributed by atoms with van der Waals surface area (Å²) >= 11 is 0. The fraction of sp³-hybridized carbons (Fsp3) is 0.667. The van der Waals surface area contributed by atoms with Crippen LogP contribution in [0.3, 0.4) is 0 Å². The highest BCUT2D eigenvalue weighted by Gasteiger charge is 2.25. The summed E-state index contributed by atoms with van der Waals surface area (Å²) in [6, 6.07) is 0.511. The molecule has 1 N–H and O–H groups in total. The van der Waals surface area contributed by atoms with Gasteiger partial charge >= 0.3 is 0 Å². The number of rotatable bonds is 3. The molecule has 0 spiro atoms. The molecule has 2 heterocycles. The summed E-state index contributed by atoms with van der Waals surface area (Å²) < 4.78 is 5.44. The normalized spacial score (nSPS) is 20.9. The lowest BCUT2D eigenvalue weighted by Gasteiger charge is -2.38. The van der Waals surface area contributed by atoms with Crippen LogP contribution in [0.2, 0.25) is 0 Å². The van der Waals surface area contributed by atoms with E-state index in [2.05, 4.69) is 39.1 Å². The standard InChI is InChI=1S/C12H21N5O/c1-9-7-17(6-5-16(9)3)12-10(18-4)11(13-2)14-8-15-12/h8-9H,5-7H2,1-4H3,(H,13,14,15). The lowest BCUT2D eigenvalue weighted by Crippen LogP contribution is -2.50. The summed E-state index contributed by atoms with van der Waals surface area (Å²) in [7, 11) is 5.64. The van der Waals surface area contributed by atoms with Crippen molar-refractivity contribution in [2.24, 2.45) is 0 Å². The van der Waals surface area contributed by atoms with Crippen LogP contribution in [0.25, 0.3) is 0 Å². The van der Waals surface area contributed by atoms with Crippen molar-refractivity contribution in [3.05, 3.63) is 6.33 Å². The Morgan fingerprint density at radius 3 is 2.78 bits per heavy atom. The van der Waals surface area contributed by atoms with Gasteiger partial charge in [0.15, 0.2) is 11.6 Å². The highest BCUT2D eigenvalue weighted by Crippen LogP contribution is 2.32. The second-order valence-corrected chi connectivity index (χ2v) is 4.60. The summed E-state index contributed by atoms with van der Waals surface area (Å²) in [5.41, 5.74) is 0. The van der Waals surface area contributed by atoms with Gasteiger partial charge in [-0.25, -0.2) is 9.97 Å². The number of nitrogens with one attached hydrogen (secondary N) is 1. The van der Waals surface area contributed by atoms with Crippen LogP contribution in [0, 0.1) is 0 Å². The molecule has 1 unspecified atom stereocenters. The molecule has 100 valence electrons. The number of anilines is 2. The molecule has 1 aliphatic heterocycles. The molecule has 6 nitrogen and oxygen atoms in total. The van der Waals surface area contributed by atoms with E-state index >= 15 is 0 Å². The molecule has 18 heavy (non-hydrogen) atoms. The minimum atomic E-state index is 0.511. The monoisotopic (exact) mass is 251 g/mol. The third-order valence-electron chi connectivity index (χ3n) is 3.49. The molecule has 0 bridgehead atoms. The Kier molecular flexibility index (Phi) is 3.86. The maximum Gasteiger partial charge on any atom is 0.204 e. The van der Waals surface area contributed by atoms with E-state index < -0.39 is 0 Å². The third-order valence-corrected chi connectivity index (χ3v) is 3.49. The number of likely N-dealkylation sites (N-methyl/N-ethyl adjacent to an activating group) is 1. The first-order valence-corrected chi connectivity index (χ1v) is 6.19. The molecule has 2 rings (SSSR count). The van der Waals surface area contributed by atoms with Crippen LogP contribution in [-0.2, 0) is 0 Å². The van der Waals surface area contributed by atoms with E-state index in [0.29, 0.717) is 6.04 Å². The highest BCUT2D eigenvalue weighted by atomic mass is 16.5. The largest absolute Gasteiger partial charge is 0.490 e. The maximum absolute atomic E-state index is 5.44. The van der Waals surface area contributed by atoms with Crippen molar-refractivity contribution in [2.75, 3.05) is 51.1 Å². The molecule has 1 aromatic rings. The fourth-order valence-electron chi connectivity index (χ4n) is 2.20. The second kappa shape index (κ2) is 5.39. The van der Waals surface area contributed by atoms with Crippen LogP contribution in [-0.4, -0.2) is 61.7 Å². The molecule has 1 fully saturated rings. The SMILES string of the molecule is CNc1ncnc(N2CCN(C)C(C)C2)c1OC. The van der Waals surface area contributed by atoms with E-state index in [-0.39, 0.29) is 0 Å². The van der Waals surface area contributed by atoms with E-state index in [1.54, 1.807) is 13.4 Å². The van der Waals surface area contributed by atoms with Crippen LogP contribution >= 0.6 is 0 Å². The number of nitrogens with zero attached hydrogens (tertiary/aromatic N) is 4. The van der Waals surface area contributed by atoms with Crippen LogP contribution in [0.5, 0.6) is 5.75 Å². The lowest BCUT2D eigenvalue weighted by molar-refractivity contribution is 0.232. The van der Waals surface area contributed by atoms with Crippen LogP contribution in [0.1, 0.15) is 6.92 Å². The molecule has 1 aliphatic rings.